The molecule has 1 fully saturated rings. The lowest BCUT2D eigenvalue weighted by atomic mass is 10.3. The van der Waals surface area contributed by atoms with E-state index in [4.69, 9.17) is 10.5 Å². The number of imidazole rings is 1. The lowest BCUT2D eigenvalue weighted by Gasteiger charge is -2.30. The Kier molecular flexibility index (Phi) is 2.36. The SMILES string of the molecule is Nc1nc2ccc(F)cc2n1N1CCOCC1. The number of halogens is 1. The van der Waals surface area contributed by atoms with Gasteiger partial charge in [0.15, 0.2) is 0 Å². The van der Waals surface area contributed by atoms with Crippen LogP contribution in [0.15, 0.2) is 18.2 Å². The summed E-state index contributed by atoms with van der Waals surface area (Å²) in [6.07, 6.45) is 0. The number of benzene rings is 1. The minimum Gasteiger partial charge on any atom is -0.378 e. The van der Waals surface area contributed by atoms with Crippen LogP contribution in [0.1, 0.15) is 0 Å². The van der Waals surface area contributed by atoms with Crippen LogP contribution in [0.3, 0.4) is 0 Å². The monoisotopic (exact) mass is 236 g/mol. The summed E-state index contributed by atoms with van der Waals surface area (Å²) < 4.78 is 20.3. The highest BCUT2D eigenvalue weighted by Gasteiger charge is 2.17. The molecule has 5 nitrogen and oxygen atoms in total. The van der Waals surface area contributed by atoms with Crippen LogP contribution in [0, 0.1) is 5.82 Å². The molecule has 17 heavy (non-hydrogen) atoms. The minimum absolute atomic E-state index is 0.285. The van der Waals surface area contributed by atoms with Crippen LogP contribution in [0.5, 0.6) is 0 Å². The van der Waals surface area contributed by atoms with Gasteiger partial charge in [0.05, 0.1) is 37.3 Å². The molecular weight excluding hydrogens is 223 g/mol. The fourth-order valence-electron chi connectivity index (χ4n) is 2.11. The first kappa shape index (κ1) is 10.3. The average Bonchev–Trinajstić information content (AvgIpc) is 2.65. The zero-order chi connectivity index (χ0) is 11.8. The van der Waals surface area contributed by atoms with Crippen LogP contribution in [0.25, 0.3) is 11.0 Å². The smallest absolute Gasteiger partial charge is 0.220 e. The molecule has 1 aromatic carbocycles. The maximum Gasteiger partial charge on any atom is 0.220 e. The number of hydrogen-bond donors (Lipinski definition) is 1. The quantitative estimate of drug-likeness (QED) is 0.793. The Morgan fingerprint density at radius 3 is 2.82 bits per heavy atom. The number of nitrogens with zero attached hydrogens (tertiary/aromatic N) is 3. The van der Waals surface area contributed by atoms with Gasteiger partial charge in [-0.15, -0.1) is 0 Å². The van der Waals surface area contributed by atoms with Crippen molar-refractivity contribution >= 4 is 17.0 Å². The summed E-state index contributed by atoms with van der Waals surface area (Å²) in [5.41, 5.74) is 7.28. The molecule has 90 valence electrons. The zero-order valence-electron chi connectivity index (χ0n) is 9.27. The van der Waals surface area contributed by atoms with Crippen molar-refractivity contribution in [2.24, 2.45) is 0 Å². The van der Waals surface area contributed by atoms with Gasteiger partial charge in [-0.2, -0.15) is 0 Å². The molecule has 2 N–H and O–H groups in total. The predicted octanol–water partition coefficient (Wildman–Crippen LogP) is 0.726. The highest BCUT2D eigenvalue weighted by molar-refractivity contribution is 5.78. The first-order valence-electron chi connectivity index (χ1n) is 5.52. The molecular formula is C11H13FN4O. The number of nitrogen functional groups attached to an aromatic ring is 1. The molecule has 2 heterocycles. The summed E-state index contributed by atoms with van der Waals surface area (Å²) in [5, 5.41) is 2.02. The largest absolute Gasteiger partial charge is 0.378 e. The second-order valence-electron chi connectivity index (χ2n) is 3.98. The lowest BCUT2D eigenvalue weighted by molar-refractivity contribution is 0.112. The molecule has 2 aromatic rings. The number of fused-ring (bicyclic) bond motifs is 1. The van der Waals surface area contributed by atoms with Gasteiger partial charge in [-0.05, 0) is 12.1 Å². The van der Waals surface area contributed by atoms with Crippen molar-refractivity contribution in [1.29, 1.82) is 0 Å². The van der Waals surface area contributed by atoms with Gasteiger partial charge in [-0.3, -0.25) is 0 Å². The van der Waals surface area contributed by atoms with Gasteiger partial charge in [0.1, 0.15) is 5.82 Å². The molecule has 0 aliphatic carbocycles. The van der Waals surface area contributed by atoms with E-state index >= 15 is 0 Å². The van der Waals surface area contributed by atoms with Crippen LogP contribution in [0.2, 0.25) is 0 Å². The number of hydrogen-bond acceptors (Lipinski definition) is 4. The van der Waals surface area contributed by atoms with Gasteiger partial charge in [0.25, 0.3) is 0 Å². The molecule has 0 radical (unpaired) electrons. The van der Waals surface area contributed by atoms with E-state index < -0.39 is 0 Å². The van der Waals surface area contributed by atoms with Crippen LogP contribution in [-0.4, -0.2) is 36.0 Å². The minimum atomic E-state index is -0.285. The Balaban J connectivity index is 2.13. The summed E-state index contributed by atoms with van der Waals surface area (Å²) in [6, 6.07) is 4.48. The van der Waals surface area contributed by atoms with Crippen LogP contribution in [-0.2, 0) is 4.74 Å². The summed E-state index contributed by atoms with van der Waals surface area (Å²) >= 11 is 0. The topological polar surface area (TPSA) is 56.3 Å². The molecule has 1 aliphatic rings. The molecule has 0 unspecified atom stereocenters. The number of anilines is 1. The molecule has 0 amide bonds. The van der Waals surface area contributed by atoms with Gasteiger partial charge in [0, 0.05) is 6.07 Å². The number of morpholine rings is 1. The van der Waals surface area contributed by atoms with Crippen molar-refractivity contribution in [1.82, 2.24) is 9.66 Å². The molecule has 0 spiro atoms. The fourth-order valence-corrected chi connectivity index (χ4v) is 2.11. The summed E-state index contributed by atoms with van der Waals surface area (Å²) in [5.74, 6) is 0.0967. The van der Waals surface area contributed by atoms with E-state index in [0.717, 1.165) is 13.1 Å². The Labute approximate surface area is 97.6 Å². The first-order chi connectivity index (χ1) is 8.25. The van der Waals surface area contributed by atoms with Gasteiger partial charge in [-0.25, -0.2) is 14.1 Å². The Morgan fingerprint density at radius 1 is 1.29 bits per heavy atom. The highest BCUT2D eigenvalue weighted by Crippen LogP contribution is 2.19. The van der Waals surface area contributed by atoms with Gasteiger partial charge < -0.3 is 15.5 Å². The van der Waals surface area contributed by atoms with Gasteiger partial charge in [0.2, 0.25) is 5.95 Å². The fraction of sp³-hybridized carbons (Fsp3) is 0.364. The normalized spacial score (nSPS) is 16.6. The molecule has 0 atom stereocenters. The summed E-state index contributed by atoms with van der Waals surface area (Å²) in [7, 11) is 0. The van der Waals surface area contributed by atoms with E-state index in [1.807, 2.05) is 5.01 Å². The van der Waals surface area contributed by atoms with Gasteiger partial charge >= 0.3 is 0 Å². The Bertz CT molecular complexity index is 548. The van der Waals surface area contributed by atoms with E-state index in [1.165, 1.54) is 12.1 Å². The van der Waals surface area contributed by atoms with Crippen LogP contribution in [0.4, 0.5) is 10.3 Å². The van der Waals surface area contributed by atoms with E-state index in [2.05, 4.69) is 4.98 Å². The third-order valence-corrected chi connectivity index (χ3v) is 2.89. The van der Waals surface area contributed by atoms with Crippen molar-refractivity contribution in [2.75, 3.05) is 37.0 Å². The number of nitrogens with two attached hydrogens (primary N) is 1. The highest BCUT2D eigenvalue weighted by atomic mass is 19.1. The third-order valence-electron chi connectivity index (χ3n) is 2.89. The Hall–Kier alpha value is -1.82. The van der Waals surface area contributed by atoms with Crippen molar-refractivity contribution < 1.29 is 9.13 Å². The maximum atomic E-state index is 13.3. The molecule has 0 saturated carbocycles. The van der Waals surface area contributed by atoms with Crippen LogP contribution >= 0.6 is 0 Å². The predicted molar refractivity (Wildman–Crippen MR) is 62.9 cm³/mol. The molecule has 3 rings (SSSR count). The number of aromatic nitrogens is 2. The molecule has 1 aromatic heterocycles. The summed E-state index contributed by atoms with van der Waals surface area (Å²) in [6.45, 7) is 2.75. The maximum absolute atomic E-state index is 13.3. The van der Waals surface area contributed by atoms with Crippen molar-refractivity contribution in [3.05, 3.63) is 24.0 Å². The van der Waals surface area contributed by atoms with Crippen molar-refractivity contribution in [3.63, 3.8) is 0 Å². The van der Waals surface area contributed by atoms with E-state index in [9.17, 15) is 4.39 Å². The summed E-state index contributed by atoms with van der Waals surface area (Å²) in [4.78, 5) is 4.22. The van der Waals surface area contributed by atoms with Crippen molar-refractivity contribution in [3.8, 4) is 0 Å². The van der Waals surface area contributed by atoms with Gasteiger partial charge in [-0.1, -0.05) is 0 Å². The lowest BCUT2D eigenvalue weighted by Crippen LogP contribution is -2.44. The van der Waals surface area contributed by atoms with E-state index in [-0.39, 0.29) is 5.82 Å². The first-order valence-corrected chi connectivity index (χ1v) is 5.52. The van der Waals surface area contributed by atoms with Crippen LogP contribution < -0.4 is 10.7 Å². The standard InChI is InChI=1S/C11H13FN4O/c12-8-1-2-9-10(7-8)16(11(13)14-9)15-3-5-17-6-4-15/h1-2,7H,3-6H2,(H2,13,14). The molecule has 1 aliphatic heterocycles. The Morgan fingerprint density at radius 2 is 2.06 bits per heavy atom. The zero-order valence-corrected chi connectivity index (χ0v) is 9.27. The second kappa shape index (κ2) is 3.89. The van der Waals surface area contributed by atoms with E-state index in [1.54, 1.807) is 10.7 Å². The molecule has 0 bridgehead atoms. The number of rotatable bonds is 1. The third kappa shape index (κ3) is 1.70. The number of ether oxygens (including phenoxy) is 1. The second-order valence-corrected chi connectivity index (χ2v) is 3.98. The molecule has 1 saturated heterocycles. The average molecular weight is 236 g/mol. The van der Waals surface area contributed by atoms with E-state index in [0.29, 0.717) is 30.2 Å². The van der Waals surface area contributed by atoms with Crippen molar-refractivity contribution in [2.45, 2.75) is 0 Å². The molecule has 6 heteroatoms.